The molecule has 0 unspecified atom stereocenters. The zero-order chi connectivity index (χ0) is 24.7. The number of aliphatic hydroxyl groups is 2. The lowest BCUT2D eigenvalue weighted by Crippen LogP contribution is -2.68. The molecule has 0 aromatic rings. The van der Waals surface area contributed by atoms with Crippen molar-refractivity contribution in [2.24, 2.45) is 0 Å². The second kappa shape index (κ2) is 10.9. The summed E-state index contributed by atoms with van der Waals surface area (Å²) in [6, 6.07) is 0. The topological polar surface area (TPSA) is 138 Å². The van der Waals surface area contributed by atoms with Gasteiger partial charge in [0.2, 0.25) is 0 Å². The van der Waals surface area contributed by atoms with Crippen LogP contribution >= 0.6 is 0 Å². The third-order valence-corrected chi connectivity index (χ3v) is 4.00. The van der Waals surface area contributed by atoms with Gasteiger partial charge >= 0.3 is 18.3 Å². The van der Waals surface area contributed by atoms with E-state index in [1.54, 1.807) is 41.5 Å². The zero-order valence-corrected chi connectivity index (χ0v) is 19.8. The Balaban J connectivity index is 2.72. The van der Waals surface area contributed by atoms with Crippen LogP contribution in [0.5, 0.6) is 0 Å². The molecule has 3 amide bonds. The Hall–Kier alpha value is -2.53. The van der Waals surface area contributed by atoms with Crippen molar-refractivity contribution < 1.29 is 38.8 Å². The molecule has 32 heavy (non-hydrogen) atoms. The third-order valence-electron chi connectivity index (χ3n) is 4.00. The van der Waals surface area contributed by atoms with Gasteiger partial charge in [-0.15, -0.1) is 0 Å². The van der Waals surface area contributed by atoms with Gasteiger partial charge in [-0.25, -0.2) is 14.4 Å². The highest BCUT2D eigenvalue weighted by Crippen LogP contribution is 2.25. The third kappa shape index (κ3) is 10.2. The molecular weight excluding hydrogens is 422 g/mol. The zero-order valence-electron chi connectivity index (χ0n) is 19.8. The van der Waals surface area contributed by atoms with Crippen molar-refractivity contribution in [1.82, 2.24) is 15.1 Å². The Kier molecular flexibility index (Phi) is 9.34. The molecule has 3 N–H and O–H groups in total. The minimum absolute atomic E-state index is 0.0210. The second-order valence-corrected chi connectivity index (χ2v) is 9.84. The molecule has 0 spiro atoms. The molecule has 0 bridgehead atoms. The van der Waals surface area contributed by atoms with Crippen LogP contribution in [0.1, 0.15) is 41.5 Å². The fourth-order valence-corrected chi connectivity index (χ4v) is 2.81. The SMILES string of the molecule is C=CCOC(=O)NC[C@@H](O)CN(CC1(O)CN(C(=O)OC(C)(C)C)C1)C(=O)OC(C)(C)C. The van der Waals surface area contributed by atoms with E-state index in [4.69, 9.17) is 14.2 Å². The maximum absolute atomic E-state index is 12.6. The largest absolute Gasteiger partial charge is 0.445 e. The Labute approximate surface area is 189 Å². The van der Waals surface area contributed by atoms with E-state index >= 15 is 0 Å². The van der Waals surface area contributed by atoms with E-state index in [0.29, 0.717) is 0 Å². The summed E-state index contributed by atoms with van der Waals surface area (Å²) in [6.07, 6.45) is -1.79. The summed E-state index contributed by atoms with van der Waals surface area (Å²) in [6.45, 7) is 13.1. The molecule has 1 fully saturated rings. The Morgan fingerprint density at radius 2 is 1.72 bits per heavy atom. The lowest BCUT2D eigenvalue weighted by atomic mass is 9.94. The Morgan fingerprint density at radius 3 is 2.22 bits per heavy atom. The van der Waals surface area contributed by atoms with Crippen LogP contribution in [0, 0.1) is 0 Å². The Bertz CT molecular complexity index is 678. The normalized spacial score (nSPS) is 16.3. The molecule has 1 atom stereocenters. The van der Waals surface area contributed by atoms with Gasteiger partial charge in [-0.3, -0.25) is 0 Å². The molecule has 0 saturated carbocycles. The number of rotatable bonds is 8. The van der Waals surface area contributed by atoms with Crippen molar-refractivity contribution in [2.45, 2.75) is 64.4 Å². The highest BCUT2D eigenvalue weighted by molar-refractivity contribution is 5.71. The summed E-state index contributed by atoms with van der Waals surface area (Å²) in [5, 5.41) is 23.5. The van der Waals surface area contributed by atoms with E-state index in [1.165, 1.54) is 11.0 Å². The average Bonchev–Trinajstić information content (AvgIpc) is 2.59. The first-order chi connectivity index (χ1) is 14.5. The van der Waals surface area contributed by atoms with Crippen LogP contribution in [0.3, 0.4) is 0 Å². The number of β-amino-alcohol motifs (C(OH)–C–C–N with tert-alkyl or cyclic N) is 1. The first-order valence-corrected chi connectivity index (χ1v) is 10.4. The maximum atomic E-state index is 12.6. The highest BCUT2D eigenvalue weighted by atomic mass is 16.6. The highest BCUT2D eigenvalue weighted by Gasteiger charge is 2.47. The summed E-state index contributed by atoms with van der Waals surface area (Å²) in [5.41, 5.74) is -2.85. The van der Waals surface area contributed by atoms with E-state index in [2.05, 4.69) is 11.9 Å². The van der Waals surface area contributed by atoms with Gasteiger partial charge in [-0.2, -0.15) is 0 Å². The van der Waals surface area contributed by atoms with Crippen LogP contribution in [0.4, 0.5) is 14.4 Å². The first-order valence-electron chi connectivity index (χ1n) is 10.4. The Morgan fingerprint density at radius 1 is 1.16 bits per heavy atom. The summed E-state index contributed by atoms with van der Waals surface area (Å²) < 4.78 is 15.4. The van der Waals surface area contributed by atoms with Gasteiger partial charge in [-0.05, 0) is 41.5 Å². The molecule has 0 aromatic carbocycles. The van der Waals surface area contributed by atoms with Gasteiger partial charge in [-0.1, -0.05) is 12.7 Å². The number of likely N-dealkylation sites (tertiary alicyclic amines) is 1. The van der Waals surface area contributed by atoms with Gasteiger partial charge in [0, 0.05) is 6.54 Å². The predicted octanol–water partition coefficient (Wildman–Crippen LogP) is 1.48. The number of carbonyl (C=O) groups is 3. The van der Waals surface area contributed by atoms with E-state index in [0.717, 1.165) is 4.90 Å². The summed E-state index contributed by atoms with van der Waals surface area (Å²) in [5.74, 6) is 0. The number of amides is 3. The van der Waals surface area contributed by atoms with Crippen LogP contribution in [-0.2, 0) is 14.2 Å². The molecule has 184 valence electrons. The molecule has 1 saturated heterocycles. The van der Waals surface area contributed by atoms with Gasteiger partial charge in [0.25, 0.3) is 0 Å². The number of nitrogens with one attached hydrogen (secondary N) is 1. The summed E-state index contributed by atoms with van der Waals surface area (Å²) in [7, 11) is 0. The van der Waals surface area contributed by atoms with Gasteiger partial charge < -0.3 is 39.5 Å². The van der Waals surface area contributed by atoms with Crippen molar-refractivity contribution in [1.29, 1.82) is 0 Å². The van der Waals surface area contributed by atoms with Crippen LogP contribution in [-0.4, -0.2) is 101 Å². The molecule has 0 aliphatic carbocycles. The molecule has 11 nitrogen and oxygen atoms in total. The first kappa shape index (κ1) is 27.5. The fourth-order valence-electron chi connectivity index (χ4n) is 2.81. The van der Waals surface area contributed by atoms with Crippen LogP contribution in [0.25, 0.3) is 0 Å². The molecular formula is C21H37N3O8. The molecule has 0 radical (unpaired) electrons. The van der Waals surface area contributed by atoms with Crippen LogP contribution < -0.4 is 5.32 Å². The smallest absolute Gasteiger partial charge is 0.410 e. The predicted molar refractivity (Wildman–Crippen MR) is 116 cm³/mol. The van der Waals surface area contributed by atoms with E-state index in [-0.39, 0.29) is 39.3 Å². The van der Waals surface area contributed by atoms with Crippen molar-refractivity contribution in [2.75, 3.05) is 39.3 Å². The second-order valence-electron chi connectivity index (χ2n) is 9.84. The van der Waals surface area contributed by atoms with E-state index in [9.17, 15) is 24.6 Å². The van der Waals surface area contributed by atoms with Gasteiger partial charge in [0.1, 0.15) is 23.4 Å². The monoisotopic (exact) mass is 459 g/mol. The minimum atomic E-state index is -1.39. The van der Waals surface area contributed by atoms with Gasteiger partial charge in [0.15, 0.2) is 0 Å². The summed E-state index contributed by atoms with van der Waals surface area (Å²) in [4.78, 5) is 38.8. The lowest BCUT2D eigenvalue weighted by Gasteiger charge is -2.48. The van der Waals surface area contributed by atoms with Crippen molar-refractivity contribution in [3.8, 4) is 0 Å². The quantitative estimate of drug-likeness (QED) is 0.367. The number of nitrogens with zero attached hydrogens (tertiary/aromatic N) is 2. The maximum Gasteiger partial charge on any atom is 0.410 e. The van der Waals surface area contributed by atoms with Crippen LogP contribution in [0.2, 0.25) is 0 Å². The van der Waals surface area contributed by atoms with E-state index < -0.39 is 41.2 Å². The number of hydrogen-bond acceptors (Lipinski definition) is 8. The summed E-state index contributed by atoms with van der Waals surface area (Å²) >= 11 is 0. The van der Waals surface area contributed by atoms with Crippen molar-refractivity contribution >= 4 is 18.3 Å². The molecule has 1 heterocycles. The fraction of sp³-hybridized carbons (Fsp3) is 0.762. The van der Waals surface area contributed by atoms with Crippen molar-refractivity contribution in [3.05, 3.63) is 12.7 Å². The number of ether oxygens (including phenoxy) is 3. The van der Waals surface area contributed by atoms with Gasteiger partial charge in [0.05, 0.1) is 32.3 Å². The lowest BCUT2D eigenvalue weighted by molar-refractivity contribution is -0.114. The number of hydrogen-bond donors (Lipinski definition) is 3. The molecule has 0 aromatic heterocycles. The van der Waals surface area contributed by atoms with Crippen LogP contribution in [0.15, 0.2) is 12.7 Å². The standard InChI is InChI=1S/C21H37N3O8/c1-8-9-30-16(26)22-10-15(25)11-23(17(27)31-19(2,3)4)12-21(29)13-24(14-21)18(28)32-20(5,6)7/h8,15,25,29H,1,9-14H2,2-7H3,(H,22,26)/t15-/m1/s1. The number of aliphatic hydroxyl groups excluding tert-OH is 1. The number of alkyl carbamates (subject to hydrolysis) is 1. The average molecular weight is 460 g/mol. The molecule has 1 aliphatic heterocycles. The minimum Gasteiger partial charge on any atom is -0.445 e. The van der Waals surface area contributed by atoms with E-state index in [1.807, 2.05) is 0 Å². The van der Waals surface area contributed by atoms with Crippen molar-refractivity contribution in [3.63, 3.8) is 0 Å². The molecule has 11 heteroatoms. The molecule has 1 aliphatic rings. The number of carbonyl (C=O) groups excluding carboxylic acids is 3. The molecule has 1 rings (SSSR count).